The van der Waals surface area contributed by atoms with Crippen molar-refractivity contribution in [2.75, 3.05) is 12.3 Å². The third-order valence-corrected chi connectivity index (χ3v) is 9.90. The van der Waals surface area contributed by atoms with Gasteiger partial charge in [0.2, 0.25) is 0 Å². The average molecular weight is 571 g/mol. The number of aryl methyl sites for hydroxylation is 1. The summed E-state index contributed by atoms with van der Waals surface area (Å²) in [6.45, 7) is 4.51. The Morgan fingerprint density at radius 2 is 1.82 bits per heavy atom. The van der Waals surface area contributed by atoms with Crippen LogP contribution in [0, 0.1) is 5.41 Å². The maximum atomic E-state index is 10.8. The molecule has 3 aromatic carbocycles. The lowest BCUT2D eigenvalue weighted by molar-refractivity contribution is 0.0776. The van der Waals surface area contributed by atoms with Crippen molar-refractivity contribution in [3.8, 4) is 0 Å². The lowest BCUT2D eigenvalue weighted by Gasteiger charge is -2.24. The van der Waals surface area contributed by atoms with Crippen molar-refractivity contribution in [3.63, 3.8) is 0 Å². The summed E-state index contributed by atoms with van der Waals surface area (Å²) in [5.74, 6) is 1.14. The molecule has 3 nitrogen and oxygen atoms in total. The van der Waals surface area contributed by atoms with E-state index in [1.165, 1.54) is 24.0 Å². The van der Waals surface area contributed by atoms with Gasteiger partial charge in [-0.15, -0.1) is 0 Å². The van der Waals surface area contributed by atoms with Crippen LogP contribution in [0.15, 0.2) is 78.9 Å². The third kappa shape index (κ3) is 7.36. The summed E-state index contributed by atoms with van der Waals surface area (Å²) < 4.78 is 0. The highest BCUT2D eigenvalue weighted by Gasteiger charge is 2.41. The second-order valence-corrected chi connectivity index (χ2v) is 13.3. The van der Waals surface area contributed by atoms with Gasteiger partial charge in [0.25, 0.3) is 0 Å². The van der Waals surface area contributed by atoms with Gasteiger partial charge < -0.3 is 10.8 Å². The number of nitrogens with two attached hydrogens (primary N) is 1. The topological polar surface area (TPSA) is 59.1 Å². The zero-order valence-electron chi connectivity index (χ0n) is 23.4. The highest BCUT2D eigenvalue weighted by molar-refractivity contribution is 7.99. The molecule has 208 valence electrons. The zero-order valence-corrected chi connectivity index (χ0v) is 25.0. The van der Waals surface area contributed by atoms with E-state index >= 15 is 0 Å². The van der Waals surface area contributed by atoms with E-state index in [2.05, 4.69) is 72.4 Å². The van der Waals surface area contributed by atoms with Crippen LogP contribution in [0.2, 0.25) is 5.02 Å². The van der Waals surface area contributed by atoms with E-state index in [9.17, 15) is 5.11 Å². The fraction of sp³-hybridized carbons (Fsp3) is 0.343. The van der Waals surface area contributed by atoms with Gasteiger partial charge in [0, 0.05) is 15.7 Å². The van der Waals surface area contributed by atoms with Gasteiger partial charge in [0.15, 0.2) is 0 Å². The molecule has 1 heterocycles. The van der Waals surface area contributed by atoms with Crippen molar-refractivity contribution >= 4 is 46.4 Å². The van der Waals surface area contributed by atoms with Gasteiger partial charge >= 0.3 is 0 Å². The molecule has 0 amide bonds. The standard InChI is InChI=1S/C35H39ClN2OS/c1-34(2,39)31-9-4-3-7-26(31)13-17-33(40-24-35(18-19-35)20-21-37)28-8-5-6-25(22-28)10-15-30-16-12-27-11-14-29(36)23-32(27)38-30/h3-12,14-16,22-23,33,39H,13,17-21,24,37H2,1-2H3/b15-10+/t33-/m1/s1. The summed E-state index contributed by atoms with van der Waals surface area (Å²) >= 11 is 8.26. The van der Waals surface area contributed by atoms with Crippen molar-refractivity contribution in [2.45, 2.75) is 56.8 Å². The fourth-order valence-electron chi connectivity index (χ4n) is 5.44. The molecule has 0 bridgehead atoms. The summed E-state index contributed by atoms with van der Waals surface area (Å²) in [7, 11) is 0. The predicted molar refractivity (Wildman–Crippen MR) is 173 cm³/mol. The number of pyridine rings is 1. The molecule has 1 aliphatic carbocycles. The molecular formula is C35H39ClN2OS. The monoisotopic (exact) mass is 570 g/mol. The second kappa shape index (κ2) is 12.5. The minimum atomic E-state index is -0.856. The van der Waals surface area contributed by atoms with E-state index < -0.39 is 5.60 Å². The Bertz CT molecular complexity index is 1490. The molecule has 3 N–H and O–H groups in total. The van der Waals surface area contributed by atoms with E-state index in [0.29, 0.717) is 15.7 Å². The molecule has 1 aromatic heterocycles. The van der Waals surface area contributed by atoms with E-state index in [4.69, 9.17) is 22.3 Å². The number of thioether (sulfide) groups is 1. The van der Waals surface area contributed by atoms with E-state index in [0.717, 1.165) is 59.3 Å². The highest BCUT2D eigenvalue weighted by atomic mass is 35.5. The third-order valence-electron chi connectivity index (χ3n) is 7.98. The lowest BCUT2D eigenvalue weighted by Crippen LogP contribution is -2.18. The number of halogens is 1. The van der Waals surface area contributed by atoms with Crippen LogP contribution in [0.1, 0.15) is 72.7 Å². The Morgan fingerprint density at radius 3 is 2.60 bits per heavy atom. The Hall–Kier alpha value is -2.63. The molecule has 5 rings (SSSR count). The first-order valence-electron chi connectivity index (χ1n) is 14.2. The molecule has 0 unspecified atom stereocenters. The molecule has 0 saturated heterocycles. The first-order chi connectivity index (χ1) is 19.2. The Kier molecular flexibility index (Phi) is 9.01. The van der Waals surface area contributed by atoms with Crippen LogP contribution in [-0.4, -0.2) is 22.4 Å². The van der Waals surface area contributed by atoms with Crippen molar-refractivity contribution in [1.82, 2.24) is 4.98 Å². The molecule has 4 aromatic rings. The van der Waals surface area contributed by atoms with Crippen LogP contribution in [0.25, 0.3) is 23.1 Å². The summed E-state index contributed by atoms with van der Waals surface area (Å²) in [6.07, 6.45) is 9.84. The number of fused-ring (bicyclic) bond motifs is 1. The van der Waals surface area contributed by atoms with Crippen molar-refractivity contribution in [3.05, 3.63) is 112 Å². The number of aromatic nitrogens is 1. The molecule has 0 aliphatic heterocycles. The minimum absolute atomic E-state index is 0.361. The number of hydrogen-bond donors (Lipinski definition) is 2. The van der Waals surface area contributed by atoms with Crippen LogP contribution in [0.4, 0.5) is 0 Å². The summed E-state index contributed by atoms with van der Waals surface area (Å²) in [6, 6.07) is 27.1. The highest BCUT2D eigenvalue weighted by Crippen LogP contribution is 2.53. The molecule has 0 radical (unpaired) electrons. The maximum Gasteiger partial charge on any atom is 0.0843 e. The molecule has 1 saturated carbocycles. The van der Waals surface area contributed by atoms with Crippen LogP contribution in [0.5, 0.6) is 0 Å². The molecule has 1 atom stereocenters. The van der Waals surface area contributed by atoms with Crippen LogP contribution in [-0.2, 0) is 12.0 Å². The summed E-state index contributed by atoms with van der Waals surface area (Å²) in [5.41, 5.74) is 12.1. The van der Waals surface area contributed by atoms with Crippen molar-refractivity contribution in [2.24, 2.45) is 11.1 Å². The van der Waals surface area contributed by atoms with Crippen molar-refractivity contribution < 1.29 is 5.11 Å². The molecule has 1 fully saturated rings. The maximum absolute atomic E-state index is 10.8. The van der Waals surface area contributed by atoms with Crippen LogP contribution in [0.3, 0.4) is 0 Å². The van der Waals surface area contributed by atoms with Gasteiger partial charge in [-0.3, -0.25) is 0 Å². The van der Waals surface area contributed by atoms with Gasteiger partial charge in [-0.25, -0.2) is 4.98 Å². The zero-order chi connectivity index (χ0) is 28.2. The molecule has 1 aliphatic rings. The Balaban J connectivity index is 1.36. The number of aliphatic hydroxyl groups is 1. The van der Waals surface area contributed by atoms with E-state index in [1.54, 1.807) is 0 Å². The molecule has 0 spiro atoms. The first-order valence-corrected chi connectivity index (χ1v) is 15.6. The molecular weight excluding hydrogens is 532 g/mol. The minimum Gasteiger partial charge on any atom is -0.386 e. The van der Waals surface area contributed by atoms with Gasteiger partial charge in [0.1, 0.15) is 0 Å². The van der Waals surface area contributed by atoms with E-state index in [1.807, 2.05) is 44.2 Å². The normalized spacial score (nSPS) is 15.5. The Morgan fingerprint density at radius 1 is 1.02 bits per heavy atom. The average Bonchev–Trinajstić information content (AvgIpc) is 3.71. The van der Waals surface area contributed by atoms with Crippen LogP contribution < -0.4 is 5.73 Å². The number of nitrogens with zero attached hydrogens (tertiary/aromatic N) is 1. The quantitative estimate of drug-likeness (QED) is 0.179. The summed E-state index contributed by atoms with van der Waals surface area (Å²) in [5, 5.41) is 12.9. The second-order valence-electron chi connectivity index (χ2n) is 11.7. The smallest absolute Gasteiger partial charge is 0.0843 e. The van der Waals surface area contributed by atoms with Gasteiger partial charge in [-0.1, -0.05) is 78.3 Å². The molecule has 5 heteroatoms. The summed E-state index contributed by atoms with van der Waals surface area (Å²) in [4.78, 5) is 4.77. The van der Waals surface area contributed by atoms with Gasteiger partial charge in [0.05, 0.1) is 16.8 Å². The number of rotatable bonds is 12. The van der Waals surface area contributed by atoms with Crippen molar-refractivity contribution in [1.29, 1.82) is 0 Å². The first kappa shape index (κ1) is 28.9. The largest absolute Gasteiger partial charge is 0.386 e. The SMILES string of the molecule is CC(C)(O)c1ccccc1CC[C@@H](SCC1(CCN)CC1)c1cccc(/C=C/c2ccc3ccc(Cl)cc3n2)c1. The van der Waals surface area contributed by atoms with Crippen LogP contribution >= 0.6 is 23.4 Å². The number of benzene rings is 3. The Labute approximate surface area is 247 Å². The lowest BCUT2D eigenvalue weighted by atomic mass is 9.90. The molecule has 40 heavy (non-hydrogen) atoms. The fourth-order valence-corrected chi connectivity index (χ4v) is 7.22. The van der Waals surface area contributed by atoms with Gasteiger partial charge in [-0.2, -0.15) is 11.8 Å². The van der Waals surface area contributed by atoms with E-state index in [-0.39, 0.29) is 0 Å². The number of hydrogen-bond acceptors (Lipinski definition) is 4. The van der Waals surface area contributed by atoms with Gasteiger partial charge in [-0.05, 0) is 110 Å². The predicted octanol–water partition coefficient (Wildman–Crippen LogP) is 8.82.